The first-order chi connectivity index (χ1) is 9.61. The summed E-state index contributed by atoms with van der Waals surface area (Å²) in [4.78, 5) is 11.4. The zero-order valence-corrected chi connectivity index (χ0v) is 12.6. The van der Waals surface area contributed by atoms with Gasteiger partial charge in [0.15, 0.2) is 0 Å². The van der Waals surface area contributed by atoms with Gasteiger partial charge in [-0.25, -0.2) is 0 Å². The number of amides is 1. The van der Waals surface area contributed by atoms with Gasteiger partial charge in [0.2, 0.25) is 5.91 Å². The maximum Gasteiger partial charge on any atom is 0.228 e. The van der Waals surface area contributed by atoms with E-state index in [1.807, 2.05) is 12.1 Å². The molecule has 2 N–H and O–H groups in total. The van der Waals surface area contributed by atoms with Crippen molar-refractivity contribution in [2.75, 3.05) is 10.6 Å². The Morgan fingerprint density at radius 1 is 1.25 bits per heavy atom. The van der Waals surface area contributed by atoms with Gasteiger partial charge in [0.05, 0.1) is 17.1 Å². The summed E-state index contributed by atoms with van der Waals surface area (Å²) in [6.07, 6.45) is 6.75. The molecule has 1 heterocycles. The molecule has 0 bridgehead atoms. The van der Waals surface area contributed by atoms with E-state index in [1.165, 1.54) is 32.1 Å². The normalized spacial score (nSPS) is 25.8. The number of anilines is 2. The Morgan fingerprint density at radius 2 is 2.10 bits per heavy atom. The number of fused-ring (bicyclic) bond motifs is 1. The zero-order chi connectivity index (χ0) is 14.1. The molecule has 1 aromatic rings. The summed E-state index contributed by atoms with van der Waals surface area (Å²) in [6, 6.07) is 4.40. The van der Waals surface area contributed by atoms with Crippen molar-refractivity contribution in [3.8, 4) is 0 Å². The third-order valence-corrected chi connectivity index (χ3v) is 4.75. The summed E-state index contributed by atoms with van der Waals surface area (Å²) < 4.78 is 0. The van der Waals surface area contributed by atoms with Crippen molar-refractivity contribution in [3.05, 3.63) is 22.7 Å². The van der Waals surface area contributed by atoms with Crippen LogP contribution in [0.1, 0.15) is 44.6 Å². The first kappa shape index (κ1) is 13.7. The fourth-order valence-corrected chi connectivity index (χ4v) is 3.43. The molecule has 0 aromatic heterocycles. The standard InChI is InChI=1S/C16H21ClN2O/c1-10-3-2-4-12(6-5-10)18-15-7-11-8-16(20)19-14(11)9-13(15)17/h7,9-10,12,18H,2-6,8H2,1H3,(H,19,20). The SMILES string of the molecule is CC1CCCC(Nc2cc3c(cc2Cl)NC(=O)C3)CC1. The van der Waals surface area contributed by atoms with Gasteiger partial charge in [-0.15, -0.1) is 0 Å². The highest BCUT2D eigenvalue weighted by Crippen LogP contribution is 2.34. The number of hydrogen-bond donors (Lipinski definition) is 2. The molecule has 1 amide bonds. The molecule has 1 aliphatic carbocycles. The molecule has 3 nitrogen and oxygen atoms in total. The van der Waals surface area contributed by atoms with Gasteiger partial charge in [0, 0.05) is 11.7 Å². The van der Waals surface area contributed by atoms with Crippen LogP contribution in [0.2, 0.25) is 5.02 Å². The largest absolute Gasteiger partial charge is 0.381 e. The zero-order valence-electron chi connectivity index (χ0n) is 11.8. The van der Waals surface area contributed by atoms with Gasteiger partial charge < -0.3 is 10.6 Å². The van der Waals surface area contributed by atoms with Crippen LogP contribution < -0.4 is 10.6 Å². The van der Waals surface area contributed by atoms with Crippen LogP contribution in [0.3, 0.4) is 0 Å². The molecule has 108 valence electrons. The van der Waals surface area contributed by atoms with Crippen LogP contribution in [0.4, 0.5) is 11.4 Å². The number of nitrogens with one attached hydrogen (secondary N) is 2. The number of halogens is 1. The molecule has 2 aliphatic rings. The Morgan fingerprint density at radius 3 is 2.95 bits per heavy atom. The molecule has 20 heavy (non-hydrogen) atoms. The van der Waals surface area contributed by atoms with Gasteiger partial charge in [0.1, 0.15) is 0 Å². The van der Waals surface area contributed by atoms with Crippen LogP contribution in [-0.4, -0.2) is 11.9 Å². The molecule has 1 saturated carbocycles. The summed E-state index contributed by atoms with van der Waals surface area (Å²) in [6.45, 7) is 2.34. The Balaban J connectivity index is 1.74. The van der Waals surface area contributed by atoms with Crippen molar-refractivity contribution >= 4 is 28.9 Å². The minimum atomic E-state index is 0.0523. The van der Waals surface area contributed by atoms with E-state index in [-0.39, 0.29) is 5.91 Å². The first-order valence-corrected chi connectivity index (χ1v) is 7.88. The van der Waals surface area contributed by atoms with Crippen LogP contribution in [0.15, 0.2) is 12.1 Å². The van der Waals surface area contributed by atoms with Crippen molar-refractivity contribution in [3.63, 3.8) is 0 Å². The van der Waals surface area contributed by atoms with E-state index in [1.54, 1.807) is 0 Å². The second-order valence-corrected chi connectivity index (χ2v) is 6.58. The molecule has 2 atom stereocenters. The van der Waals surface area contributed by atoms with Gasteiger partial charge in [-0.05, 0) is 42.9 Å². The number of carbonyl (C=O) groups is 1. The van der Waals surface area contributed by atoms with Crippen LogP contribution in [0, 0.1) is 5.92 Å². The van der Waals surface area contributed by atoms with Gasteiger partial charge in [-0.3, -0.25) is 4.79 Å². The molecular formula is C16H21ClN2O. The molecule has 1 fully saturated rings. The molecule has 3 rings (SSSR count). The van der Waals surface area contributed by atoms with Crippen molar-refractivity contribution in [1.82, 2.24) is 0 Å². The third-order valence-electron chi connectivity index (χ3n) is 4.44. The van der Waals surface area contributed by atoms with Crippen molar-refractivity contribution in [2.45, 2.75) is 51.5 Å². The quantitative estimate of drug-likeness (QED) is 0.802. The Bertz CT molecular complexity index is 529. The first-order valence-electron chi connectivity index (χ1n) is 7.50. The van der Waals surface area contributed by atoms with E-state index in [0.29, 0.717) is 17.5 Å². The van der Waals surface area contributed by atoms with Crippen molar-refractivity contribution in [2.24, 2.45) is 5.92 Å². The number of carbonyl (C=O) groups excluding carboxylic acids is 1. The average molecular weight is 293 g/mol. The maximum atomic E-state index is 11.4. The van der Waals surface area contributed by atoms with Crippen LogP contribution in [0.5, 0.6) is 0 Å². The maximum absolute atomic E-state index is 11.4. The van der Waals surface area contributed by atoms with E-state index in [9.17, 15) is 4.79 Å². The molecule has 0 spiro atoms. The summed E-state index contributed by atoms with van der Waals surface area (Å²) in [5.41, 5.74) is 2.88. The fourth-order valence-electron chi connectivity index (χ4n) is 3.21. The third kappa shape index (κ3) is 2.93. The van der Waals surface area contributed by atoms with Crippen LogP contribution in [-0.2, 0) is 11.2 Å². The lowest BCUT2D eigenvalue weighted by Gasteiger charge is -2.19. The summed E-state index contributed by atoms with van der Waals surface area (Å²) >= 11 is 6.33. The predicted molar refractivity (Wildman–Crippen MR) is 83.4 cm³/mol. The van der Waals surface area contributed by atoms with Crippen molar-refractivity contribution in [1.29, 1.82) is 0 Å². The fraction of sp³-hybridized carbons (Fsp3) is 0.562. The summed E-state index contributed by atoms with van der Waals surface area (Å²) in [7, 11) is 0. The summed E-state index contributed by atoms with van der Waals surface area (Å²) in [5, 5.41) is 7.11. The van der Waals surface area contributed by atoms with E-state index < -0.39 is 0 Å². The van der Waals surface area contributed by atoms with Gasteiger partial charge >= 0.3 is 0 Å². The summed E-state index contributed by atoms with van der Waals surface area (Å²) in [5.74, 6) is 0.885. The minimum Gasteiger partial charge on any atom is -0.381 e. The lowest BCUT2D eigenvalue weighted by atomic mass is 10.0. The number of benzene rings is 1. The van der Waals surface area contributed by atoms with E-state index in [4.69, 9.17) is 11.6 Å². The Labute approximate surface area is 125 Å². The highest BCUT2D eigenvalue weighted by Gasteiger charge is 2.21. The smallest absolute Gasteiger partial charge is 0.228 e. The second kappa shape index (κ2) is 5.65. The van der Waals surface area contributed by atoms with Gasteiger partial charge in [0.25, 0.3) is 0 Å². The molecule has 0 radical (unpaired) electrons. The van der Waals surface area contributed by atoms with Crippen LogP contribution in [0.25, 0.3) is 0 Å². The number of hydrogen-bond acceptors (Lipinski definition) is 2. The topological polar surface area (TPSA) is 41.1 Å². The van der Waals surface area contributed by atoms with E-state index in [0.717, 1.165) is 22.9 Å². The Hall–Kier alpha value is -1.22. The Kier molecular flexibility index (Phi) is 3.88. The van der Waals surface area contributed by atoms with Crippen LogP contribution >= 0.6 is 11.6 Å². The van der Waals surface area contributed by atoms with Crippen molar-refractivity contribution < 1.29 is 4.79 Å². The molecule has 1 aromatic carbocycles. The number of rotatable bonds is 2. The monoisotopic (exact) mass is 292 g/mol. The lowest BCUT2D eigenvalue weighted by Crippen LogP contribution is -2.18. The highest BCUT2D eigenvalue weighted by molar-refractivity contribution is 6.33. The predicted octanol–water partition coefficient (Wildman–Crippen LogP) is 4.22. The highest BCUT2D eigenvalue weighted by atomic mass is 35.5. The second-order valence-electron chi connectivity index (χ2n) is 6.17. The van der Waals surface area contributed by atoms with Gasteiger partial charge in [-0.2, -0.15) is 0 Å². The average Bonchev–Trinajstić information content (AvgIpc) is 2.61. The molecular weight excluding hydrogens is 272 g/mol. The van der Waals surface area contributed by atoms with E-state index >= 15 is 0 Å². The molecule has 0 saturated heterocycles. The molecule has 2 unspecified atom stereocenters. The van der Waals surface area contributed by atoms with Gasteiger partial charge in [-0.1, -0.05) is 31.4 Å². The molecule has 4 heteroatoms. The molecule has 1 aliphatic heterocycles. The van der Waals surface area contributed by atoms with E-state index in [2.05, 4.69) is 17.6 Å². The minimum absolute atomic E-state index is 0.0523. The lowest BCUT2D eigenvalue weighted by molar-refractivity contribution is -0.115.